The minimum atomic E-state index is -0.392. The smallest absolute Gasteiger partial charge is 0.225 e. The van der Waals surface area contributed by atoms with Crippen molar-refractivity contribution in [3.63, 3.8) is 0 Å². The highest BCUT2D eigenvalue weighted by Crippen LogP contribution is 2.28. The van der Waals surface area contributed by atoms with Crippen molar-refractivity contribution in [2.45, 2.75) is 52.1 Å². The van der Waals surface area contributed by atoms with E-state index in [1.165, 1.54) is 6.92 Å². The van der Waals surface area contributed by atoms with Gasteiger partial charge in [-0.15, -0.1) is 12.4 Å². The molecular weight excluding hydrogens is 366 g/mol. The van der Waals surface area contributed by atoms with Gasteiger partial charge in [0.25, 0.3) is 0 Å². The third-order valence-electron chi connectivity index (χ3n) is 4.61. The number of nitrogens with zero attached hydrogens (tertiary/aromatic N) is 1. The molecule has 2 rings (SSSR count). The van der Waals surface area contributed by atoms with Crippen molar-refractivity contribution in [2.24, 2.45) is 0 Å². The zero-order valence-electron chi connectivity index (χ0n) is 16.5. The summed E-state index contributed by atoms with van der Waals surface area (Å²) < 4.78 is 5.70. The van der Waals surface area contributed by atoms with Gasteiger partial charge in [0.15, 0.2) is 0 Å². The summed E-state index contributed by atoms with van der Waals surface area (Å²) in [5.74, 6) is 0.635. The van der Waals surface area contributed by atoms with Crippen LogP contribution >= 0.6 is 12.4 Å². The summed E-state index contributed by atoms with van der Waals surface area (Å²) in [6.07, 6.45) is 2.13. The van der Waals surface area contributed by atoms with Gasteiger partial charge in [0.1, 0.15) is 5.75 Å². The summed E-state index contributed by atoms with van der Waals surface area (Å²) in [5.41, 5.74) is 0.846. The molecule has 0 aromatic heterocycles. The number of carbonyl (C=O) groups excluding carboxylic acids is 2. The first-order chi connectivity index (χ1) is 12.6. The number of para-hydroxylation sites is 1. The standard InChI is InChI=1S/C20H31N3O3.ClH/c1-4-12-23(16-10-11-21-14-16)20(25)13-18(22-15(3)24)17-8-6-7-9-19(17)26-5-2;/h6-9,16,18,21H,4-5,10-14H2,1-3H3,(H,22,24);1H. The Balaban J connectivity index is 0.00000364. The van der Waals surface area contributed by atoms with Crippen LogP contribution in [0.15, 0.2) is 24.3 Å². The first-order valence-corrected chi connectivity index (χ1v) is 9.55. The normalized spacial score (nSPS) is 16.9. The molecule has 6 nitrogen and oxygen atoms in total. The number of hydrogen-bond acceptors (Lipinski definition) is 4. The van der Waals surface area contributed by atoms with E-state index < -0.39 is 6.04 Å². The molecule has 0 radical (unpaired) electrons. The Morgan fingerprint density at radius 2 is 2.07 bits per heavy atom. The predicted molar refractivity (Wildman–Crippen MR) is 109 cm³/mol. The minimum Gasteiger partial charge on any atom is -0.494 e. The monoisotopic (exact) mass is 397 g/mol. The van der Waals surface area contributed by atoms with Crippen LogP contribution < -0.4 is 15.4 Å². The van der Waals surface area contributed by atoms with E-state index in [1.54, 1.807) is 0 Å². The quantitative estimate of drug-likeness (QED) is 0.672. The van der Waals surface area contributed by atoms with Gasteiger partial charge in [0, 0.05) is 31.6 Å². The largest absolute Gasteiger partial charge is 0.494 e. The zero-order chi connectivity index (χ0) is 18.9. The van der Waals surface area contributed by atoms with Crippen LogP contribution in [0.4, 0.5) is 0 Å². The van der Waals surface area contributed by atoms with Crippen LogP contribution in [0, 0.1) is 0 Å². The first-order valence-electron chi connectivity index (χ1n) is 9.55. The Bertz CT molecular complexity index is 606. The summed E-state index contributed by atoms with van der Waals surface area (Å²) in [4.78, 5) is 26.8. The van der Waals surface area contributed by atoms with E-state index >= 15 is 0 Å². The van der Waals surface area contributed by atoms with Gasteiger partial charge in [-0.2, -0.15) is 0 Å². The molecule has 1 fully saturated rings. The Kier molecular flexibility index (Phi) is 10.2. The van der Waals surface area contributed by atoms with Crippen LogP contribution in [0.3, 0.4) is 0 Å². The highest BCUT2D eigenvalue weighted by atomic mass is 35.5. The van der Waals surface area contributed by atoms with Gasteiger partial charge in [-0.3, -0.25) is 9.59 Å². The number of carbonyl (C=O) groups is 2. The molecule has 152 valence electrons. The second kappa shape index (κ2) is 11.8. The van der Waals surface area contributed by atoms with Crippen molar-refractivity contribution < 1.29 is 14.3 Å². The molecule has 2 N–H and O–H groups in total. The van der Waals surface area contributed by atoms with Crippen LogP contribution in [0.2, 0.25) is 0 Å². The van der Waals surface area contributed by atoms with Crippen molar-refractivity contribution in [1.29, 1.82) is 0 Å². The maximum Gasteiger partial charge on any atom is 0.225 e. The predicted octanol–water partition coefficient (Wildman–Crippen LogP) is 2.67. The molecule has 2 atom stereocenters. The molecule has 27 heavy (non-hydrogen) atoms. The molecular formula is C20H32ClN3O3. The lowest BCUT2D eigenvalue weighted by Crippen LogP contribution is -2.43. The fourth-order valence-corrected chi connectivity index (χ4v) is 3.49. The Hall–Kier alpha value is -1.79. The molecule has 1 saturated heterocycles. The maximum atomic E-state index is 13.1. The van der Waals surface area contributed by atoms with Crippen molar-refractivity contribution in [2.75, 3.05) is 26.2 Å². The number of nitrogens with one attached hydrogen (secondary N) is 2. The van der Waals surface area contributed by atoms with Crippen LogP contribution in [0.1, 0.15) is 51.6 Å². The van der Waals surface area contributed by atoms with Gasteiger partial charge < -0.3 is 20.3 Å². The number of hydrogen-bond donors (Lipinski definition) is 2. The van der Waals surface area contributed by atoms with Gasteiger partial charge in [-0.1, -0.05) is 25.1 Å². The highest BCUT2D eigenvalue weighted by Gasteiger charge is 2.29. The molecule has 0 bridgehead atoms. The van der Waals surface area contributed by atoms with Gasteiger partial charge in [0.2, 0.25) is 11.8 Å². The van der Waals surface area contributed by atoms with Crippen LogP contribution in [-0.2, 0) is 9.59 Å². The lowest BCUT2D eigenvalue weighted by atomic mass is 10.0. The molecule has 2 unspecified atom stereocenters. The topological polar surface area (TPSA) is 70.7 Å². The van der Waals surface area contributed by atoms with E-state index in [4.69, 9.17) is 4.74 Å². The van der Waals surface area contributed by atoms with E-state index in [2.05, 4.69) is 17.6 Å². The number of amides is 2. The number of ether oxygens (including phenoxy) is 1. The number of rotatable bonds is 9. The van der Waals surface area contributed by atoms with Gasteiger partial charge in [-0.05, 0) is 32.4 Å². The van der Waals surface area contributed by atoms with E-state index in [1.807, 2.05) is 36.1 Å². The molecule has 1 aliphatic heterocycles. The molecule has 2 amide bonds. The van der Waals surface area contributed by atoms with Gasteiger partial charge in [-0.25, -0.2) is 0 Å². The maximum absolute atomic E-state index is 13.1. The van der Waals surface area contributed by atoms with Crippen LogP contribution in [-0.4, -0.2) is 49.0 Å². The lowest BCUT2D eigenvalue weighted by molar-refractivity contribution is -0.134. The summed E-state index contributed by atoms with van der Waals surface area (Å²) in [5, 5.41) is 6.26. The second-order valence-electron chi connectivity index (χ2n) is 6.66. The molecule has 0 aliphatic carbocycles. The fraction of sp³-hybridized carbons (Fsp3) is 0.600. The average molecular weight is 398 g/mol. The summed E-state index contributed by atoms with van der Waals surface area (Å²) in [6, 6.07) is 7.44. The minimum absolute atomic E-state index is 0. The highest BCUT2D eigenvalue weighted by molar-refractivity contribution is 5.85. The number of halogens is 1. The Morgan fingerprint density at radius 3 is 2.67 bits per heavy atom. The molecule has 0 spiro atoms. The summed E-state index contributed by atoms with van der Waals surface area (Å²) >= 11 is 0. The Morgan fingerprint density at radius 1 is 1.33 bits per heavy atom. The Labute approximate surface area is 168 Å². The third kappa shape index (κ3) is 6.70. The molecule has 1 aliphatic rings. The fourth-order valence-electron chi connectivity index (χ4n) is 3.49. The lowest BCUT2D eigenvalue weighted by Gasteiger charge is -2.30. The summed E-state index contributed by atoms with van der Waals surface area (Å²) in [7, 11) is 0. The second-order valence-corrected chi connectivity index (χ2v) is 6.66. The van der Waals surface area contributed by atoms with E-state index in [0.29, 0.717) is 12.4 Å². The van der Waals surface area contributed by atoms with E-state index in [-0.39, 0.29) is 36.7 Å². The summed E-state index contributed by atoms with van der Waals surface area (Å²) in [6.45, 7) is 8.54. The third-order valence-corrected chi connectivity index (χ3v) is 4.61. The van der Waals surface area contributed by atoms with Gasteiger partial charge >= 0.3 is 0 Å². The van der Waals surface area contributed by atoms with E-state index in [9.17, 15) is 9.59 Å². The van der Waals surface area contributed by atoms with Crippen LogP contribution in [0.25, 0.3) is 0 Å². The number of benzene rings is 1. The van der Waals surface area contributed by atoms with Crippen molar-refractivity contribution in [3.05, 3.63) is 29.8 Å². The van der Waals surface area contributed by atoms with Crippen molar-refractivity contribution >= 4 is 24.2 Å². The average Bonchev–Trinajstić information content (AvgIpc) is 3.13. The van der Waals surface area contributed by atoms with Crippen molar-refractivity contribution in [3.8, 4) is 5.75 Å². The molecule has 1 aromatic rings. The molecule has 1 heterocycles. The van der Waals surface area contributed by atoms with Crippen molar-refractivity contribution in [1.82, 2.24) is 15.5 Å². The van der Waals surface area contributed by atoms with Gasteiger partial charge in [0.05, 0.1) is 19.1 Å². The molecule has 7 heteroatoms. The SMILES string of the molecule is CCCN(C(=O)CC(NC(C)=O)c1ccccc1OCC)C1CCNC1.Cl. The van der Waals surface area contributed by atoms with Crippen LogP contribution in [0.5, 0.6) is 5.75 Å². The van der Waals surface area contributed by atoms with E-state index in [0.717, 1.165) is 38.0 Å². The first kappa shape index (κ1) is 23.2. The zero-order valence-corrected chi connectivity index (χ0v) is 17.3. The molecule has 0 saturated carbocycles. The molecule has 1 aromatic carbocycles.